The maximum absolute atomic E-state index is 3.99. The Bertz CT molecular complexity index is 116. The highest BCUT2D eigenvalue weighted by Crippen LogP contribution is 2.04. The van der Waals surface area contributed by atoms with Gasteiger partial charge in [-0.25, -0.2) is 4.40 Å². The summed E-state index contributed by atoms with van der Waals surface area (Å²) in [5, 5.41) is 0. The number of allylic oxidation sites excluding steroid dienone is 1. The summed E-state index contributed by atoms with van der Waals surface area (Å²) in [6.07, 6.45) is 3.75. The van der Waals surface area contributed by atoms with E-state index in [0.29, 0.717) is 5.92 Å². The predicted molar refractivity (Wildman–Crippen MR) is 46.0 cm³/mol. The zero-order valence-corrected chi connectivity index (χ0v) is 7.03. The van der Waals surface area contributed by atoms with Gasteiger partial charge in [-0.3, -0.25) is 0 Å². The first kappa shape index (κ1) is 8.76. The van der Waals surface area contributed by atoms with Crippen molar-refractivity contribution in [3.05, 3.63) is 12.2 Å². The van der Waals surface area contributed by atoms with Gasteiger partial charge in [0, 0.05) is 12.5 Å². The second-order valence-electron chi connectivity index (χ2n) is 2.15. The van der Waals surface area contributed by atoms with Crippen molar-refractivity contribution in [3.63, 3.8) is 0 Å². The highest BCUT2D eigenvalue weighted by molar-refractivity contribution is 7.97. The molecule has 0 radical (unpaired) electrons. The van der Waals surface area contributed by atoms with Crippen LogP contribution in [-0.4, -0.2) is 12.5 Å². The molecule has 0 spiro atoms. The average molecular weight is 143 g/mol. The lowest BCUT2D eigenvalue weighted by Crippen LogP contribution is -1.91. The Labute approximate surface area is 61.4 Å². The van der Waals surface area contributed by atoms with Crippen molar-refractivity contribution >= 4 is 18.2 Å². The Hall–Kier alpha value is -0.240. The fourth-order valence-corrected chi connectivity index (χ4v) is 0.510. The van der Waals surface area contributed by atoms with E-state index in [9.17, 15) is 0 Å². The summed E-state index contributed by atoms with van der Waals surface area (Å²) >= 11 is 1.46. The van der Waals surface area contributed by atoms with Gasteiger partial charge in [0.25, 0.3) is 0 Å². The minimum absolute atomic E-state index is 0.515. The first-order valence-electron chi connectivity index (χ1n) is 2.93. The predicted octanol–water partition coefficient (Wildman–Crippen LogP) is 2.55. The molecule has 0 atom stereocenters. The molecule has 0 aliphatic heterocycles. The molecule has 0 aromatic heterocycles. The zero-order valence-electron chi connectivity index (χ0n) is 6.22. The van der Waals surface area contributed by atoms with Crippen molar-refractivity contribution in [2.45, 2.75) is 13.8 Å². The monoisotopic (exact) mass is 143 g/mol. The number of nitrogens with zero attached hydrogens (tertiary/aromatic N) is 1. The van der Waals surface area contributed by atoms with Crippen LogP contribution in [0.3, 0.4) is 0 Å². The van der Waals surface area contributed by atoms with Crippen LogP contribution in [0, 0.1) is 5.92 Å². The lowest BCUT2D eigenvalue weighted by molar-refractivity contribution is 0.810. The van der Waals surface area contributed by atoms with E-state index in [0.717, 1.165) is 5.57 Å². The van der Waals surface area contributed by atoms with Gasteiger partial charge in [-0.1, -0.05) is 20.4 Å². The van der Waals surface area contributed by atoms with Crippen LogP contribution in [0.2, 0.25) is 0 Å². The summed E-state index contributed by atoms with van der Waals surface area (Å²) in [7, 11) is 0. The molecule has 0 aliphatic carbocycles. The maximum Gasteiger partial charge on any atom is 0.0380 e. The SMILES string of the molecule is C=C(/C=N\SC)C(C)C. The smallest absolute Gasteiger partial charge is 0.0380 e. The molecule has 0 aliphatic rings. The van der Waals surface area contributed by atoms with Crippen molar-refractivity contribution in [1.29, 1.82) is 0 Å². The second-order valence-corrected chi connectivity index (χ2v) is 2.72. The average Bonchev–Trinajstić information content (AvgIpc) is 1.82. The van der Waals surface area contributed by atoms with Crippen molar-refractivity contribution in [2.24, 2.45) is 10.3 Å². The molecule has 0 saturated carbocycles. The molecule has 2 heteroatoms. The lowest BCUT2D eigenvalue weighted by Gasteiger charge is -1.99. The highest BCUT2D eigenvalue weighted by atomic mass is 32.2. The van der Waals surface area contributed by atoms with E-state index in [1.165, 1.54) is 11.9 Å². The van der Waals surface area contributed by atoms with Crippen LogP contribution in [0.1, 0.15) is 13.8 Å². The molecule has 0 amide bonds. The van der Waals surface area contributed by atoms with Crippen molar-refractivity contribution in [1.82, 2.24) is 0 Å². The Morgan fingerprint density at radius 1 is 1.67 bits per heavy atom. The molecular formula is C7H13NS. The summed E-state index contributed by atoms with van der Waals surface area (Å²) in [5.74, 6) is 0.515. The van der Waals surface area contributed by atoms with Crippen molar-refractivity contribution in [3.8, 4) is 0 Å². The third kappa shape index (κ3) is 4.28. The molecule has 52 valence electrons. The number of rotatable bonds is 3. The first-order chi connectivity index (χ1) is 4.18. The standard InChI is InChI=1S/C7H13NS/c1-6(2)7(3)5-8-9-4/h5-6H,3H2,1-2,4H3/b8-5-. The van der Waals surface area contributed by atoms with Gasteiger partial charge in [0.1, 0.15) is 0 Å². The topological polar surface area (TPSA) is 12.4 Å². The summed E-state index contributed by atoms with van der Waals surface area (Å²) in [5.41, 5.74) is 1.09. The van der Waals surface area contributed by atoms with Gasteiger partial charge >= 0.3 is 0 Å². The molecule has 0 bridgehead atoms. The fourth-order valence-electron chi connectivity index (χ4n) is 0.269. The molecule has 0 N–H and O–H groups in total. The van der Waals surface area contributed by atoms with Crippen LogP contribution in [0.15, 0.2) is 16.5 Å². The van der Waals surface area contributed by atoms with Crippen LogP contribution >= 0.6 is 11.9 Å². The van der Waals surface area contributed by atoms with E-state index in [-0.39, 0.29) is 0 Å². The van der Waals surface area contributed by atoms with Crippen LogP contribution in [0.25, 0.3) is 0 Å². The zero-order chi connectivity index (χ0) is 7.28. The Morgan fingerprint density at radius 3 is 2.56 bits per heavy atom. The summed E-state index contributed by atoms with van der Waals surface area (Å²) < 4.78 is 3.99. The van der Waals surface area contributed by atoms with Crippen LogP contribution in [-0.2, 0) is 0 Å². The molecular weight excluding hydrogens is 130 g/mol. The summed E-state index contributed by atoms with van der Waals surface area (Å²) in [4.78, 5) is 0. The Kier molecular flexibility index (Phi) is 4.50. The third-order valence-electron chi connectivity index (χ3n) is 1.07. The van der Waals surface area contributed by atoms with Crippen molar-refractivity contribution in [2.75, 3.05) is 6.26 Å². The summed E-state index contributed by atoms with van der Waals surface area (Å²) in [6, 6.07) is 0. The molecule has 9 heavy (non-hydrogen) atoms. The largest absolute Gasteiger partial charge is 0.225 e. The Balaban J connectivity index is 3.63. The maximum atomic E-state index is 3.99. The van der Waals surface area contributed by atoms with E-state index >= 15 is 0 Å². The fraction of sp³-hybridized carbons (Fsp3) is 0.571. The first-order valence-corrected chi connectivity index (χ1v) is 4.12. The normalized spacial score (nSPS) is 11.1. The molecule has 0 unspecified atom stereocenters. The number of hydrogen-bond donors (Lipinski definition) is 0. The molecule has 0 aromatic rings. The van der Waals surface area contributed by atoms with Gasteiger partial charge in [-0.05, 0) is 23.4 Å². The van der Waals surface area contributed by atoms with Crippen LogP contribution in [0.5, 0.6) is 0 Å². The summed E-state index contributed by atoms with van der Waals surface area (Å²) in [6.45, 7) is 8.04. The van der Waals surface area contributed by atoms with Crippen molar-refractivity contribution < 1.29 is 0 Å². The van der Waals surface area contributed by atoms with Crippen LogP contribution < -0.4 is 0 Å². The Morgan fingerprint density at radius 2 is 2.22 bits per heavy atom. The molecule has 0 aromatic carbocycles. The second kappa shape index (κ2) is 4.62. The highest BCUT2D eigenvalue weighted by Gasteiger charge is 1.93. The molecule has 0 saturated heterocycles. The van der Waals surface area contributed by atoms with Gasteiger partial charge in [0.05, 0.1) is 0 Å². The van der Waals surface area contributed by atoms with Crippen LogP contribution in [0.4, 0.5) is 0 Å². The van der Waals surface area contributed by atoms with Gasteiger partial charge in [0.15, 0.2) is 0 Å². The van der Waals surface area contributed by atoms with E-state index < -0.39 is 0 Å². The minimum Gasteiger partial charge on any atom is -0.225 e. The number of hydrogen-bond acceptors (Lipinski definition) is 2. The quantitative estimate of drug-likeness (QED) is 0.437. The van der Waals surface area contributed by atoms with E-state index in [1.807, 2.05) is 12.5 Å². The third-order valence-corrected chi connectivity index (χ3v) is 1.38. The molecule has 0 rings (SSSR count). The van der Waals surface area contributed by atoms with E-state index in [2.05, 4.69) is 24.8 Å². The van der Waals surface area contributed by atoms with Gasteiger partial charge in [-0.15, -0.1) is 0 Å². The van der Waals surface area contributed by atoms with E-state index in [4.69, 9.17) is 0 Å². The van der Waals surface area contributed by atoms with E-state index in [1.54, 1.807) is 0 Å². The molecule has 0 heterocycles. The molecule has 0 fully saturated rings. The molecule has 1 nitrogen and oxygen atoms in total. The van der Waals surface area contributed by atoms with Gasteiger partial charge < -0.3 is 0 Å². The lowest BCUT2D eigenvalue weighted by atomic mass is 10.1. The van der Waals surface area contributed by atoms with Gasteiger partial charge in [-0.2, -0.15) is 0 Å². The van der Waals surface area contributed by atoms with Gasteiger partial charge in [0.2, 0.25) is 0 Å². The minimum atomic E-state index is 0.515.